The summed E-state index contributed by atoms with van der Waals surface area (Å²) in [5.41, 5.74) is 2.65. The highest BCUT2D eigenvalue weighted by atomic mass is 19.1. The second kappa shape index (κ2) is 9.97. The molecule has 4 aromatic rings. The number of fused-ring (bicyclic) bond motifs is 1. The van der Waals surface area contributed by atoms with Crippen LogP contribution in [0.3, 0.4) is 0 Å². The number of nitrogens with zero attached hydrogens (tertiary/aromatic N) is 6. The molecule has 12 nitrogen and oxygen atoms in total. The molecule has 1 aliphatic rings. The Morgan fingerprint density at radius 2 is 2.08 bits per heavy atom. The normalized spacial score (nSPS) is 21.2. The maximum Gasteiger partial charge on any atom is 0.255 e. The second-order valence-corrected chi connectivity index (χ2v) is 8.43. The van der Waals surface area contributed by atoms with Crippen molar-refractivity contribution in [1.82, 2.24) is 34.8 Å². The van der Waals surface area contributed by atoms with Crippen molar-refractivity contribution in [2.75, 3.05) is 5.32 Å². The number of hydrogen-bond donors (Lipinski definition) is 4. The van der Waals surface area contributed by atoms with Gasteiger partial charge >= 0.3 is 0 Å². The van der Waals surface area contributed by atoms with Crippen molar-refractivity contribution in [2.24, 2.45) is 0 Å². The summed E-state index contributed by atoms with van der Waals surface area (Å²) in [5.74, 6) is -0.778. The van der Waals surface area contributed by atoms with Crippen LogP contribution in [0.2, 0.25) is 0 Å². The molecular weight excluding hydrogens is 483 g/mol. The first-order valence-corrected chi connectivity index (χ1v) is 11.3. The topological polar surface area (TPSA) is 160 Å². The van der Waals surface area contributed by atoms with Gasteiger partial charge in [0.1, 0.15) is 18.0 Å². The molecule has 13 heteroatoms. The van der Waals surface area contributed by atoms with E-state index in [0.717, 1.165) is 23.7 Å². The number of aliphatic hydroxyl groups is 2. The van der Waals surface area contributed by atoms with E-state index in [0.29, 0.717) is 23.4 Å². The average molecular weight is 506 g/mol. The van der Waals surface area contributed by atoms with E-state index in [9.17, 15) is 19.4 Å². The molecule has 0 bridgehead atoms. The van der Waals surface area contributed by atoms with Crippen molar-refractivity contribution in [3.63, 3.8) is 0 Å². The monoisotopic (exact) mass is 506 g/mol. The molecule has 4 N–H and O–H groups in total. The molecule has 1 amide bonds. The van der Waals surface area contributed by atoms with E-state index in [1.165, 1.54) is 23.2 Å². The van der Waals surface area contributed by atoms with Crippen LogP contribution in [-0.4, -0.2) is 63.9 Å². The van der Waals surface area contributed by atoms with Gasteiger partial charge in [-0.3, -0.25) is 19.3 Å². The van der Waals surface area contributed by atoms with Crippen molar-refractivity contribution < 1.29 is 24.1 Å². The summed E-state index contributed by atoms with van der Waals surface area (Å²) in [6, 6.07) is 5.04. The minimum atomic E-state index is -1.51. The first-order chi connectivity index (χ1) is 17.9. The molecule has 0 unspecified atom stereocenters. The molecule has 4 atom stereocenters. The third-order valence-electron chi connectivity index (χ3n) is 5.81. The summed E-state index contributed by atoms with van der Waals surface area (Å²) in [7, 11) is 0. The number of rotatable bonds is 7. The Morgan fingerprint density at radius 1 is 1.24 bits per heavy atom. The predicted octanol–water partition coefficient (Wildman–Crippen LogP) is 1.22. The summed E-state index contributed by atoms with van der Waals surface area (Å²) in [5, 5.41) is 26.7. The van der Waals surface area contributed by atoms with Gasteiger partial charge in [-0.25, -0.2) is 19.3 Å². The van der Waals surface area contributed by atoms with Crippen molar-refractivity contribution in [2.45, 2.75) is 38.0 Å². The van der Waals surface area contributed by atoms with Gasteiger partial charge in [0.2, 0.25) is 0 Å². The Hall–Kier alpha value is -4.33. The zero-order chi connectivity index (χ0) is 26.1. The number of nitrogens with one attached hydrogen (secondary N) is 2. The summed E-state index contributed by atoms with van der Waals surface area (Å²) < 4.78 is 21.0. The average Bonchev–Trinajstić information content (AvgIpc) is 3.43. The summed E-state index contributed by atoms with van der Waals surface area (Å²) in [4.78, 5) is 33.9. The van der Waals surface area contributed by atoms with Gasteiger partial charge in [0.15, 0.2) is 35.1 Å². The summed E-state index contributed by atoms with van der Waals surface area (Å²) >= 11 is 0. The second-order valence-electron chi connectivity index (χ2n) is 8.43. The Balaban J connectivity index is 1.57. The van der Waals surface area contributed by atoms with Crippen molar-refractivity contribution in [1.29, 1.82) is 0 Å². The van der Waals surface area contributed by atoms with E-state index in [1.807, 2.05) is 19.1 Å². The Labute approximate surface area is 209 Å². The summed E-state index contributed by atoms with van der Waals surface area (Å²) in [6.45, 7) is 5.68. The van der Waals surface area contributed by atoms with Crippen LogP contribution in [0.4, 0.5) is 10.2 Å². The van der Waals surface area contributed by atoms with E-state index >= 15 is 0 Å². The number of carbonyl (C=O) groups excluding carboxylic acids is 1. The van der Waals surface area contributed by atoms with Gasteiger partial charge in [-0.2, -0.15) is 0 Å². The zero-order valence-corrected chi connectivity index (χ0v) is 19.6. The number of carbonyl (C=O) groups is 1. The van der Waals surface area contributed by atoms with Gasteiger partial charge in [0, 0.05) is 18.0 Å². The molecule has 0 spiro atoms. The number of aromatic nitrogens is 6. The van der Waals surface area contributed by atoms with Crippen molar-refractivity contribution in [3.05, 3.63) is 73.0 Å². The number of anilines is 1. The third-order valence-corrected chi connectivity index (χ3v) is 5.81. The lowest BCUT2D eigenvalue weighted by Crippen LogP contribution is -2.40. The van der Waals surface area contributed by atoms with E-state index in [2.05, 4.69) is 42.1 Å². The van der Waals surface area contributed by atoms with Crippen LogP contribution in [0.5, 0.6) is 0 Å². The molecule has 0 aliphatic carbocycles. The molecular formula is C24H23FN8O4. The fraction of sp³-hybridized carbons (Fsp3) is 0.250. The number of aliphatic hydroxyl groups excluding tert-OH is 2. The molecule has 5 rings (SSSR count). The molecule has 37 heavy (non-hydrogen) atoms. The lowest BCUT2D eigenvalue weighted by Gasteiger charge is -2.17. The maximum atomic E-state index is 13.9. The highest BCUT2D eigenvalue weighted by Crippen LogP contribution is 2.33. The van der Waals surface area contributed by atoms with Gasteiger partial charge in [-0.05, 0) is 36.9 Å². The molecule has 0 radical (unpaired) electrons. The van der Waals surface area contributed by atoms with Gasteiger partial charge in [-0.1, -0.05) is 6.58 Å². The van der Waals surface area contributed by atoms with Crippen LogP contribution in [0.1, 0.15) is 17.5 Å². The molecule has 1 aliphatic heterocycles. The number of halogens is 1. The quantitative estimate of drug-likeness (QED) is 0.287. The number of imidazole rings is 1. The molecule has 1 saturated heterocycles. The lowest BCUT2D eigenvalue weighted by atomic mass is 10.1. The Morgan fingerprint density at radius 3 is 2.84 bits per heavy atom. The highest BCUT2D eigenvalue weighted by Gasteiger charge is 2.47. The van der Waals surface area contributed by atoms with E-state index in [1.54, 1.807) is 6.20 Å². The van der Waals surface area contributed by atoms with Crippen LogP contribution < -0.4 is 10.6 Å². The van der Waals surface area contributed by atoms with Crippen molar-refractivity contribution >= 4 is 22.9 Å². The number of amides is 1. The predicted molar refractivity (Wildman–Crippen MR) is 129 cm³/mol. The van der Waals surface area contributed by atoms with Crippen molar-refractivity contribution in [3.8, 4) is 11.4 Å². The molecule has 4 aromatic heterocycles. The van der Waals surface area contributed by atoms with Crippen LogP contribution in [0, 0.1) is 12.7 Å². The number of aryl methyl sites for hydroxylation is 1. The Bertz CT molecular complexity index is 1480. The van der Waals surface area contributed by atoms with E-state index in [-0.39, 0.29) is 11.5 Å². The molecule has 190 valence electrons. The standard InChI is InChI=1S/C24H23FN8O4/c1-3-27-23(36)19-17(34)18(35)24(37-19)33-11-30-16-21(29-10-15-6-12(2)4-5-28-15)31-20(32-22(16)33)13-7-14(25)9-26-8-13/h3-9,11,17-19,24,34-35H,1,10H2,2H3,(H,27,36)(H,29,31,32)/t17-,18+,19-,24+/m0/s1. The minimum absolute atomic E-state index is 0.134. The SMILES string of the molecule is C=CNC(=O)[C@H]1O[C@@H](n2cnc3c(NCc4cc(C)ccn4)nc(-c4cncc(F)c4)nc32)[C@H](O)[C@@H]1O. The van der Waals surface area contributed by atoms with Crippen LogP contribution in [-0.2, 0) is 16.1 Å². The molecule has 5 heterocycles. The molecule has 1 fully saturated rings. The van der Waals surface area contributed by atoms with Gasteiger partial charge in [0.25, 0.3) is 5.91 Å². The summed E-state index contributed by atoms with van der Waals surface area (Å²) in [6.07, 6.45) is 1.15. The van der Waals surface area contributed by atoms with Crippen LogP contribution in [0.15, 0.2) is 55.9 Å². The van der Waals surface area contributed by atoms with E-state index < -0.39 is 36.3 Å². The van der Waals surface area contributed by atoms with Gasteiger partial charge in [-0.15, -0.1) is 0 Å². The fourth-order valence-corrected chi connectivity index (χ4v) is 4.05. The maximum absolute atomic E-state index is 13.9. The molecule has 0 saturated carbocycles. The third kappa shape index (κ3) is 4.74. The first-order valence-electron chi connectivity index (χ1n) is 11.3. The molecule has 0 aromatic carbocycles. The van der Waals surface area contributed by atoms with Gasteiger partial charge in [0.05, 0.1) is 24.8 Å². The minimum Gasteiger partial charge on any atom is -0.387 e. The van der Waals surface area contributed by atoms with Crippen LogP contribution >= 0.6 is 0 Å². The zero-order valence-electron chi connectivity index (χ0n) is 19.6. The lowest BCUT2D eigenvalue weighted by molar-refractivity contribution is -0.136. The Kier molecular flexibility index (Phi) is 6.56. The highest BCUT2D eigenvalue weighted by molar-refractivity contribution is 5.85. The number of hydrogen-bond acceptors (Lipinski definition) is 10. The largest absolute Gasteiger partial charge is 0.387 e. The number of pyridine rings is 2. The van der Waals surface area contributed by atoms with Crippen LogP contribution in [0.25, 0.3) is 22.6 Å². The van der Waals surface area contributed by atoms with E-state index in [4.69, 9.17) is 4.74 Å². The first kappa shape index (κ1) is 24.4. The number of ether oxygens (including phenoxy) is 1. The van der Waals surface area contributed by atoms with Gasteiger partial charge < -0.3 is 25.6 Å². The smallest absolute Gasteiger partial charge is 0.255 e. The fourth-order valence-electron chi connectivity index (χ4n) is 4.05.